The van der Waals surface area contributed by atoms with E-state index in [4.69, 9.17) is 55.9 Å². The quantitative estimate of drug-likeness (QED) is 0.169. The molecule has 1 unspecified atom stereocenters. The molecule has 0 radical (unpaired) electrons. The number of nitrogens with zero attached hydrogens (tertiary/aromatic N) is 4. The first-order valence-electron chi connectivity index (χ1n) is 18.9. The van der Waals surface area contributed by atoms with E-state index in [9.17, 15) is 29.4 Å². The van der Waals surface area contributed by atoms with Crippen LogP contribution in [0.4, 0.5) is 9.59 Å². The molecule has 0 aliphatic heterocycles. The van der Waals surface area contributed by atoms with Crippen molar-refractivity contribution in [3.8, 4) is 0 Å². The van der Waals surface area contributed by atoms with Crippen LogP contribution in [0.25, 0.3) is 0 Å². The second kappa shape index (κ2) is 25.5. The molecular formula is C42H66Cl4N4O8S2. The molecule has 0 spiro atoms. The number of carbonyl (C=O) groups excluding carboxylic acids is 4. The van der Waals surface area contributed by atoms with E-state index in [1.165, 1.54) is 21.7 Å². The molecule has 4 amide bonds. The Morgan fingerprint density at radius 3 is 1.35 bits per heavy atom. The van der Waals surface area contributed by atoms with Gasteiger partial charge in [-0.25, -0.2) is 9.59 Å². The molecule has 0 bridgehead atoms. The normalized spacial score (nSPS) is 13.6. The molecule has 60 heavy (non-hydrogen) atoms. The highest BCUT2D eigenvalue weighted by Gasteiger charge is 2.45. The van der Waals surface area contributed by atoms with E-state index in [1.54, 1.807) is 118 Å². The second-order valence-electron chi connectivity index (χ2n) is 16.1. The number of likely N-dealkylation sites (N-methyl/N-ethyl adjacent to an activating group) is 4. The Morgan fingerprint density at radius 2 is 1.03 bits per heavy atom. The summed E-state index contributed by atoms with van der Waals surface area (Å²) >= 11 is 24.7. The van der Waals surface area contributed by atoms with Crippen LogP contribution < -0.4 is 0 Å². The summed E-state index contributed by atoms with van der Waals surface area (Å²) in [6, 6.07) is 10.1. The maximum Gasteiger partial charge on any atom is 0.410 e. The third-order valence-electron chi connectivity index (χ3n) is 9.25. The molecule has 0 aromatic heterocycles. The van der Waals surface area contributed by atoms with Crippen LogP contribution in [-0.4, -0.2) is 119 Å². The highest BCUT2D eigenvalue weighted by Crippen LogP contribution is 2.39. The van der Waals surface area contributed by atoms with Crippen molar-refractivity contribution in [2.24, 2.45) is 0 Å². The summed E-state index contributed by atoms with van der Waals surface area (Å²) in [5.74, 6) is -0.179. The lowest BCUT2D eigenvalue weighted by Gasteiger charge is -2.45. The van der Waals surface area contributed by atoms with Gasteiger partial charge in [-0.1, -0.05) is 78.5 Å². The van der Waals surface area contributed by atoms with Crippen molar-refractivity contribution in [1.82, 2.24) is 19.6 Å². The van der Waals surface area contributed by atoms with Gasteiger partial charge in [-0.2, -0.15) is 27.0 Å². The zero-order valence-electron chi connectivity index (χ0n) is 36.9. The van der Waals surface area contributed by atoms with E-state index < -0.39 is 47.2 Å². The number of halogens is 4. The third-order valence-corrected chi connectivity index (χ3v) is 10.7. The summed E-state index contributed by atoms with van der Waals surface area (Å²) in [6.07, 6.45) is 0.377. The molecule has 2 aromatic rings. The van der Waals surface area contributed by atoms with E-state index >= 15 is 0 Å². The number of aliphatic hydroxyl groups is 2. The number of rotatable bonds is 15. The van der Waals surface area contributed by atoms with Crippen LogP contribution in [0.3, 0.4) is 0 Å². The number of hydrogen-bond donors (Lipinski definition) is 2. The van der Waals surface area contributed by atoms with Crippen LogP contribution in [-0.2, 0) is 30.1 Å². The number of hydrogen-bond acceptors (Lipinski definition) is 8. The van der Waals surface area contributed by atoms with Crippen LogP contribution in [0.5, 0.6) is 0 Å². The van der Waals surface area contributed by atoms with Crippen molar-refractivity contribution in [3.05, 3.63) is 80.3 Å². The van der Waals surface area contributed by atoms with Crippen molar-refractivity contribution in [1.29, 1.82) is 0 Å². The standard InChI is InChI=1S/C21H32Cl2N2O5.C21H30Cl2N2O3.2H2S/c1-7-18(28)24(5)13-21(11-15(27)12-26,14-8-9-16(22)17(23)10-14)25(6)19(29)30-20(2,3)4;1-8-12-21(14-24(6)18(26)9-2,15-10-11-16(22)17(23)13-15)25(7)19(27)28-20(3,4)5;;/h8-10,15,26-27H,7,11-13H2,1-6H3;8,10-11,13H,1,9,12,14H2,2-7H3;2*1H2/t15?,21-;21-;;/m11../s1. The van der Waals surface area contributed by atoms with Gasteiger partial charge < -0.3 is 29.5 Å². The van der Waals surface area contributed by atoms with Gasteiger partial charge in [0.2, 0.25) is 11.8 Å². The maximum atomic E-state index is 13.0. The van der Waals surface area contributed by atoms with Crippen LogP contribution in [0.2, 0.25) is 20.1 Å². The summed E-state index contributed by atoms with van der Waals surface area (Å²) in [4.78, 5) is 56.5. The molecule has 18 heteroatoms. The molecule has 2 aromatic carbocycles. The summed E-state index contributed by atoms with van der Waals surface area (Å²) in [5, 5.41) is 21.3. The minimum Gasteiger partial charge on any atom is -0.444 e. The van der Waals surface area contributed by atoms with Crippen LogP contribution in [0, 0.1) is 0 Å². The van der Waals surface area contributed by atoms with Crippen molar-refractivity contribution in [2.75, 3.05) is 47.9 Å². The number of aliphatic hydroxyl groups excluding tert-OH is 2. The maximum absolute atomic E-state index is 13.0. The molecular weight excluding hydrogens is 894 g/mol. The van der Waals surface area contributed by atoms with E-state index in [-0.39, 0.29) is 69.8 Å². The smallest absolute Gasteiger partial charge is 0.410 e. The highest BCUT2D eigenvalue weighted by molar-refractivity contribution is 7.59. The second-order valence-corrected chi connectivity index (χ2v) is 17.8. The van der Waals surface area contributed by atoms with Gasteiger partial charge in [0, 0.05) is 60.5 Å². The number of amides is 4. The fourth-order valence-electron chi connectivity index (χ4n) is 6.20. The first kappa shape index (κ1) is 59.5. The topological polar surface area (TPSA) is 140 Å². The van der Waals surface area contributed by atoms with E-state index in [0.29, 0.717) is 33.5 Å². The molecule has 0 aliphatic rings. The summed E-state index contributed by atoms with van der Waals surface area (Å²) in [7, 11) is 6.52. The SMILES string of the molecule is C=CC[C@@](CN(C)C(=O)CC)(c1ccc(Cl)c(Cl)c1)N(C)C(=O)OC(C)(C)C.CCC(=O)N(C)C[C@](CC(O)CO)(c1ccc(Cl)c(Cl)c1)N(C)C(=O)OC(C)(C)C.S.S. The van der Waals surface area contributed by atoms with Gasteiger partial charge in [0.1, 0.15) is 11.2 Å². The summed E-state index contributed by atoms with van der Waals surface area (Å²) < 4.78 is 11.1. The minimum atomic E-state index is -1.24. The first-order chi connectivity index (χ1) is 26.6. The van der Waals surface area contributed by atoms with Gasteiger partial charge in [-0.05, 0) is 83.4 Å². The molecule has 342 valence electrons. The Balaban J connectivity index is 0. The predicted octanol–water partition coefficient (Wildman–Crippen LogP) is 9.39. The van der Waals surface area contributed by atoms with Crippen molar-refractivity contribution in [2.45, 2.75) is 109 Å². The van der Waals surface area contributed by atoms with Crippen molar-refractivity contribution >= 4 is 97.4 Å². The first-order valence-corrected chi connectivity index (χ1v) is 20.4. The number of carbonyl (C=O) groups is 4. The summed E-state index contributed by atoms with van der Waals surface area (Å²) in [6.45, 7) is 17.8. The Morgan fingerprint density at radius 1 is 0.683 bits per heavy atom. The molecule has 0 saturated carbocycles. The highest BCUT2D eigenvalue weighted by atomic mass is 35.5. The van der Waals surface area contributed by atoms with Crippen molar-refractivity contribution < 1.29 is 38.9 Å². The van der Waals surface area contributed by atoms with Crippen LogP contribution in [0.15, 0.2) is 49.1 Å². The van der Waals surface area contributed by atoms with Gasteiger partial charge in [0.05, 0.1) is 43.9 Å². The zero-order chi connectivity index (χ0) is 45.0. The minimum absolute atomic E-state index is 0. The largest absolute Gasteiger partial charge is 0.444 e. The average Bonchev–Trinajstić information content (AvgIpc) is 3.13. The van der Waals surface area contributed by atoms with Gasteiger partial charge >= 0.3 is 12.2 Å². The monoisotopic (exact) mass is 958 g/mol. The molecule has 2 rings (SSSR count). The summed E-state index contributed by atoms with van der Waals surface area (Å²) in [5.41, 5.74) is -2.28. The molecule has 2 N–H and O–H groups in total. The lowest BCUT2D eigenvalue weighted by atomic mass is 9.82. The molecule has 0 aliphatic carbocycles. The molecule has 0 fully saturated rings. The van der Waals surface area contributed by atoms with Gasteiger partial charge in [0.15, 0.2) is 0 Å². The zero-order valence-corrected chi connectivity index (χ0v) is 41.9. The van der Waals surface area contributed by atoms with E-state index in [2.05, 4.69) is 6.58 Å². The fraction of sp³-hybridized carbons (Fsp3) is 0.571. The fourth-order valence-corrected chi connectivity index (χ4v) is 6.79. The predicted molar refractivity (Wildman–Crippen MR) is 253 cm³/mol. The Hall–Kier alpha value is -2.56. The van der Waals surface area contributed by atoms with Gasteiger partial charge in [-0.3, -0.25) is 19.4 Å². The molecule has 0 saturated heterocycles. The molecule has 12 nitrogen and oxygen atoms in total. The number of benzene rings is 2. The van der Waals surface area contributed by atoms with E-state index in [1.807, 2.05) is 6.07 Å². The Labute approximate surface area is 391 Å². The Kier molecular flexibility index (Phi) is 25.3. The lowest BCUT2D eigenvalue weighted by Crippen LogP contribution is -2.56. The Bertz CT molecular complexity index is 1750. The van der Waals surface area contributed by atoms with Crippen molar-refractivity contribution in [3.63, 3.8) is 0 Å². The van der Waals surface area contributed by atoms with E-state index in [0.717, 1.165) is 5.56 Å². The van der Waals surface area contributed by atoms with Gasteiger partial charge in [-0.15, -0.1) is 6.58 Å². The van der Waals surface area contributed by atoms with Gasteiger partial charge in [0.25, 0.3) is 0 Å². The average molecular weight is 961 g/mol. The van der Waals surface area contributed by atoms with Crippen LogP contribution >= 0.6 is 73.4 Å². The number of ether oxygens (including phenoxy) is 2. The molecule has 0 heterocycles. The molecule has 3 atom stereocenters. The third kappa shape index (κ3) is 17.0. The van der Waals surface area contributed by atoms with Crippen LogP contribution in [0.1, 0.15) is 92.2 Å². The lowest BCUT2D eigenvalue weighted by molar-refractivity contribution is -0.132.